The predicted octanol–water partition coefficient (Wildman–Crippen LogP) is 9.22. The summed E-state index contributed by atoms with van der Waals surface area (Å²) in [5.74, 6) is 0. The van der Waals surface area contributed by atoms with Crippen LogP contribution in [0.4, 0.5) is 17.1 Å². The molecule has 0 aliphatic carbocycles. The molecule has 0 atom stereocenters. The van der Waals surface area contributed by atoms with Crippen LogP contribution in [0.15, 0.2) is 158 Å². The van der Waals surface area contributed by atoms with E-state index in [-0.39, 0.29) is 0 Å². The van der Waals surface area contributed by atoms with Crippen LogP contribution in [-0.2, 0) is 0 Å². The van der Waals surface area contributed by atoms with E-state index in [1.807, 2.05) is 36.4 Å². The first kappa shape index (κ1) is 23.6. The van der Waals surface area contributed by atoms with Crippen LogP contribution in [0.3, 0.4) is 0 Å². The fraction of sp³-hybridized carbons (Fsp3) is 0. The molecule has 190 valence electrons. The standard InChI is InChI=1S/C36H26N4/c1-3-9-27(10-4-1)29-15-19-31(20-16-29)39(32-21-17-30(18-22-32)28-11-5-2-6-12-28)33-23-25-34(26-24-33)40-37-35-13-7-8-14-36(35)38-40/h1-26H. The van der Waals surface area contributed by atoms with Gasteiger partial charge in [0.05, 0.1) is 5.69 Å². The van der Waals surface area contributed by atoms with E-state index < -0.39 is 0 Å². The van der Waals surface area contributed by atoms with Gasteiger partial charge in [-0.15, -0.1) is 10.2 Å². The smallest absolute Gasteiger partial charge is 0.113 e. The lowest BCUT2D eigenvalue weighted by atomic mass is 10.0. The lowest BCUT2D eigenvalue weighted by molar-refractivity contribution is 0.766. The van der Waals surface area contributed by atoms with Crippen LogP contribution in [-0.4, -0.2) is 15.0 Å². The molecule has 0 amide bonds. The predicted molar refractivity (Wildman–Crippen MR) is 164 cm³/mol. The summed E-state index contributed by atoms with van der Waals surface area (Å²) in [5.41, 5.74) is 10.7. The molecule has 0 N–H and O–H groups in total. The average Bonchev–Trinajstić information content (AvgIpc) is 3.48. The third kappa shape index (κ3) is 4.63. The average molecular weight is 515 g/mol. The lowest BCUT2D eigenvalue weighted by Gasteiger charge is -2.26. The van der Waals surface area contributed by atoms with Gasteiger partial charge in [0.2, 0.25) is 0 Å². The summed E-state index contributed by atoms with van der Waals surface area (Å²) in [5, 5.41) is 9.29. The zero-order valence-electron chi connectivity index (χ0n) is 21.8. The molecular formula is C36H26N4. The monoisotopic (exact) mass is 514 g/mol. The van der Waals surface area contributed by atoms with Crippen molar-refractivity contribution in [2.24, 2.45) is 0 Å². The fourth-order valence-electron chi connectivity index (χ4n) is 5.02. The van der Waals surface area contributed by atoms with E-state index in [4.69, 9.17) is 0 Å². The largest absolute Gasteiger partial charge is 0.311 e. The van der Waals surface area contributed by atoms with Crippen LogP contribution in [0.2, 0.25) is 0 Å². The van der Waals surface area contributed by atoms with Crippen molar-refractivity contribution >= 4 is 28.1 Å². The Bertz CT molecular complexity index is 1740. The highest BCUT2D eigenvalue weighted by atomic mass is 15.5. The molecule has 1 aromatic heterocycles. The van der Waals surface area contributed by atoms with E-state index in [2.05, 4.69) is 136 Å². The number of fused-ring (bicyclic) bond motifs is 1. The molecule has 7 rings (SSSR count). The maximum absolute atomic E-state index is 4.64. The van der Waals surface area contributed by atoms with Crippen molar-refractivity contribution in [2.45, 2.75) is 0 Å². The van der Waals surface area contributed by atoms with Crippen molar-refractivity contribution < 1.29 is 0 Å². The Morgan fingerprint density at radius 3 is 1.12 bits per heavy atom. The second kappa shape index (κ2) is 10.4. The molecule has 0 aliphatic heterocycles. The minimum absolute atomic E-state index is 0.880. The Balaban J connectivity index is 1.26. The number of anilines is 3. The van der Waals surface area contributed by atoms with Gasteiger partial charge in [-0.05, 0) is 82.9 Å². The first-order valence-electron chi connectivity index (χ1n) is 13.4. The molecule has 0 saturated heterocycles. The Kier molecular flexibility index (Phi) is 6.11. The van der Waals surface area contributed by atoms with Crippen LogP contribution >= 0.6 is 0 Å². The van der Waals surface area contributed by atoms with E-state index in [0.717, 1.165) is 33.8 Å². The number of benzene rings is 6. The summed E-state index contributed by atoms with van der Waals surface area (Å²) in [6.07, 6.45) is 0. The second-order valence-electron chi connectivity index (χ2n) is 9.66. The molecule has 7 aromatic rings. The van der Waals surface area contributed by atoms with Crippen molar-refractivity contribution in [2.75, 3.05) is 4.90 Å². The molecular weight excluding hydrogens is 488 g/mol. The van der Waals surface area contributed by atoms with Crippen LogP contribution < -0.4 is 4.90 Å². The van der Waals surface area contributed by atoms with Crippen LogP contribution in [0.5, 0.6) is 0 Å². The molecule has 0 saturated carbocycles. The summed E-state index contributed by atoms with van der Waals surface area (Å²) in [4.78, 5) is 3.97. The van der Waals surface area contributed by atoms with Gasteiger partial charge in [-0.1, -0.05) is 97.1 Å². The van der Waals surface area contributed by atoms with Gasteiger partial charge in [-0.2, -0.15) is 4.80 Å². The number of nitrogens with zero attached hydrogens (tertiary/aromatic N) is 4. The maximum Gasteiger partial charge on any atom is 0.113 e. The van der Waals surface area contributed by atoms with Crippen molar-refractivity contribution in [1.29, 1.82) is 0 Å². The molecule has 6 aromatic carbocycles. The number of rotatable bonds is 6. The summed E-state index contributed by atoms with van der Waals surface area (Å²) in [6.45, 7) is 0. The van der Waals surface area contributed by atoms with E-state index in [1.54, 1.807) is 4.80 Å². The number of hydrogen-bond acceptors (Lipinski definition) is 3. The van der Waals surface area contributed by atoms with Crippen LogP contribution in [0.25, 0.3) is 39.0 Å². The molecule has 0 fully saturated rings. The molecule has 4 nitrogen and oxygen atoms in total. The molecule has 1 heterocycles. The third-order valence-corrected chi connectivity index (χ3v) is 7.09. The van der Waals surface area contributed by atoms with Crippen molar-refractivity contribution in [3.8, 4) is 27.9 Å². The highest BCUT2D eigenvalue weighted by Gasteiger charge is 2.14. The van der Waals surface area contributed by atoms with E-state index in [9.17, 15) is 0 Å². The summed E-state index contributed by atoms with van der Waals surface area (Å²) in [7, 11) is 0. The van der Waals surface area contributed by atoms with Crippen molar-refractivity contribution in [3.05, 3.63) is 158 Å². The van der Waals surface area contributed by atoms with Crippen molar-refractivity contribution in [1.82, 2.24) is 15.0 Å². The topological polar surface area (TPSA) is 34.0 Å². The van der Waals surface area contributed by atoms with E-state index in [0.29, 0.717) is 0 Å². The summed E-state index contributed by atoms with van der Waals surface area (Å²) in [6, 6.07) is 54.7. The molecule has 0 unspecified atom stereocenters. The molecule has 0 bridgehead atoms. The first-order valence-corrected chi connectivity index (χ1v) is 13.4. The van der Waals surface area contributed by atoms with Gasteiger partial charge < -0.3 is 4.90 Å². The van der Waals surface area contributed by atoms with Gasteiger partial charge in [0.15, 0.2) is 0 Å². The highest BCUT2D eigenvalue weighted by Crippen LogP contribution is 2.37. The fourth-order valence-corrected chi connectivity index (χ4v) is 5.02. The number of hydrogen-bond donors (Lipinski definition) is 0. The van der Waals surface area contributed by atoms with Crippen LogP contribution in [0.1, 0.15) is 0 Å². The minimum atomic E-state index is 0.880. The van der Waals surface area contributed by atoms with Gasteiger partial charge in [0.25, 0.3) is 0 Å². The quantitative estimate of drug-likeness (QED) is 0.222. The van der Waals surface area contributed by atoms with E-state index >= 15 is 0 Å². The molecule has 0 spiro atoms. The number of aromatic nitrogens is 3. The molecule has 4 heteroatoms. The summed E-state index contributed by atoms with van der Waals surface area (Å²) < 4.78 is 0. The van der Waals surface area contributed by atoms with Gasteiger partial charge >= 0.3 is 0 Å². The van der Waals surface area contributed by atoms with Crippen molar-refractivity contribution in [3.63, 3.8) is 0 Å². The maximum atomic E-state index is 4.64. The Morgan fingerprint density at radius 2 is 0.700 bits per heavy atom. The highest BCUT2D eigenvalue weighted by molar-refractivity contribution is 5.80. The zero-order chi connectivity index (χ0) is 26.7. The summed E-state index contributed by atoms with van der Waals surface area (Å²) >= 11 is 0. The Hall–Kier alpha value is -5.48. The molecule has 40 heavy (non-hydrogen) atoms. The minimum Gasteiger partial charge on any atom is -0.311 e. The lowest BCUT2D eigenvalue weighted by Crippen LogP contribution is -2.10. The second-order valence-corrected chi connectivity index (χ2v) is 9.66. The molecule has 0 radical (unpaired) electrons. The Labute approximate surface area is 233 Å². The van der Waals surface area contributed by atoms with Crippen LogP contribution in [0, 0.1) is 0 Å². The normalized spacial score (nSPS) is 11.0. The Morgan fingerprint density at radius 1 is 0.350 bits per heavy atom. The van der Waals surface area contributed by atoms with Gasteiger partial charge in [0.1, 0.15) is 11.0 Å². The van der Waals surface area contributed by atoms with Gasteiger partial charge in [-0.25, -0.2) is 0 Å². The molecule has 0 aliphatic rings. The van der Waals surface area contributed by atoms with Gasteiger partial charge in [0, 0.05) is 17.1 Å². The van der Waals surface area contributed by atoms with Gasteiger partial charge in [-0.3, -0.25) is 0 Å². The van der Waals surface area contributed by atoms with E-state index in [1.165, 1.54) is 22.3 Å². The third-order valence-electron chi connectivity index (χ3n) is 7.09. The zero-order valence-corrected chi connectivity index (χ0v) is 21.8. The first-order chi connectivity index (χ1) is 19.8. The SMILES string of the molecule is c1ccc(-c2ccc(N(c3ccc(-c4ccccc4)cc3)c3ccc(-n4nc5ccccc5n4)cc3)cc2)cc1.